The van der Waals surface area contributed by atoms with E-state index in [2.05, 4.69) is 104 Å². The van der Waals surface area contributed by atoms with Gasteiger partial charge < -0.3 is 8.99 Å². The molecule has 4 rings (SSSR count). The standard InChI is InChI=1S/C27H30N2OSi/c1-27(2,3)31(24-16-10-6-11-17-24,25-18-12-7-13-19-25)30-21-23-20-29(4)26(28-23)22-14-8-5-9-15-22/h5-20H,21H2,1-4H3. The van der Waals surface area contributed by atoms with Gasteiger partial charge in [-0.3, -0.25) is 0 Å². The zero-order valence-corrected chi connectivity index (χ0v) is 19.7. The van der Waals surface area contributed by atoms with Crippen molar-refractivity contribution in [1.82, 2.24) is 9.55 Å². The van der Waals surface area contributed by atoms with Crippen LogP contribution in [0.2, 0.25) is 5.04 Å². The van der Waals surface area contributed by atoms with Gasteiger partial charge in [0.05, 0.1) is 12.3 Å². The molecule has 0 saturated heterocycles. The van der Waals surface area contributed by atoms with E-state index in [1.807, 2.05) is 25.2 Å². The Morgan fingerprint density at radius 3 is 1.74 bits per heavy atom. The third-order valence-corrected chi connectivity index (χ3v) is 10.8. The van der Waals surface area contributed by atoms with Gasteiger partial charge in [0.2, 0.25) is 0 Å². The molecule has 4 heteroatoms. The Balaban J connectivity index is 1.75. The quantitative estimate of drug-likeness (QED) is 0.398. The highest BCUT2D eigenvalue weighted by Gasteiger charge is 2.50. The summed E-state index contributed by atoms with van der Waals surface area (Å²) in [5.74, 6) is 0.960. The summed E-state index contributed by atoms with van der Waals surface area (Å²) in [6.07, 6.45) is 2.08. The first-order valence-electron chi connectivity index (χ1n) is 10.7. The van der Waals surface area contributed by atoms with Gasteiger partial charge in [0, 0.05) is 18.8 Å². The molecule has 4 aromatic rings. The van der Waals surface area contributed by atoms with Crippen molar-refractivity contribution in [2.75, 3.05) is 0 Å². The second kappa shape index (κ2) is 8.65. The number of aromatic nitrogens is 2. The topological polar surface area (TPSA) is 27.1 Å². The van der Waals surface area contributed by atoms with Gasteiger partial charge in [-0.15, -0.1) is 0 Å². The molecule has 3 nitrogen and oxygen atoms in total. The van der Waals surface area contributed by atoms with Crippen LogP contribution in [0.25, 0.3) is 11.4 Å². The summed E-state index contributed by atoms with van der Waals surface area (Å²) >= 11 is 0. The fraction of sp³-hybridized carbons (Fsp3) is 0.222. The van der Waals surface area contributed by atoms with E-state index >= 15 is 0 Å². The van der Waals surface area contributed by atoms with E-state index in [-0.39, 0.29) is 5.04 Å². The SMILES string of the molecule is Cn1cc(CO[Si](c2ccccc2)(c2ccccc2)C(C)(C)C)nc1-c1ccccc1. The van der Waals surface area contributed by atoms with Crippen LogP contribution >= 0.6 is 0 Å². The van der Waals surface area contributed by atoms with Crippen LogP contribution in [0.4, 0.5) is 0 Å². The maximum Gasteiger partial charge on any atom is 0.261 e. The van der Waals surface area contributed by atoms with E-state index in [9.17, 15) is 0 Å². The van der Waals surface area contributed by atoms with E-state index in [0.717, 1.165) is 17.1 Å². The lowest BCUT2D eigenvalue weighted by atomic mass is 10.2. The Bertz CT molecular complexity index is 1080. The average Bonchev–Trinajstić information content (AvgIpc) is 3.16. The van der Waals surface area contributed by atoms with Gasteiger partial charge >= 0.3 is 0 Å². The highest BCUT2D eigenvalue weighted by atomic mass is 28.4. The lowest BCUT2D eigenvalue weighted by Gasteiger charge is -2.42. The zero-order valence-electron chi connectivity index (χ0n) is 18.7. The number of hydrogen-bond acceptors (Lipinski definition) is 2. The summed E-state index contributed by atoms with van der Waals surface area (Å²) in [5.41, 5.74) is 2.07. The monoisotopic (exact) mass is 426 g/mol. The van der Waals surface area contributed by atoms with Crippen LogP contribution in [-0.2, 0) is 18.1 Å². The van der Waals surface area contributed by atoms with Gasteiger partial charge in [0.1, 0.15) is 5.82 Å². The molecule has 0 atom stereocenters. The van der Waals surface area contributed by atoms with E-state index < -0.39 is 8.32 Å². The summed E-state index contributed by atoms with van der Waals surface area (Å²) < 4.78 is 9.10. The number of benzene rings is 3. The van der Waals surface area contributed by atoms with E-state index in [0.29, 0.717) is 6.61 Å². The first kappa shape index (κ1) is 21.3. The average molecular weight is 427 g/mol. The highest BCUT2D eigenvalue weighted by Crippen LogP contribution is 2.37. The molecule has 0 bridgehead atoms. The van der Waals surface area contributed by atoms with Crippen LogP contribution in [0.15, 0.2) is 97.2 Å². The Hall–Kier alpha value is -2.95. The van der Waals surface area contributed by atoms with Crippen LogP contribution in [0.1, 0.15) is 26.5 Å². The van der Waals surface area contributed by atoms with Crippen molar-refractivity contribution < 1.29 is 4.43 Å². The van der Waals surface area contributed by atoms with Crippen LogP contribution in [0.3, 0.4) is 0 Å². The molecule has 31 heavy (non-hydrogen) atoms. The van der Waals surface area contributed by atoms with Crippen molar-refractivity contribution in [2.24, 2.45) is 7.05 Å². The second-order valence-corrected chi connectivity index (χ2v) is 13.3. The molecule has 0 aliphatic heterocycles. The first-order chi connectivity index (χ1) is 14.9. The lowest BCUT2D eigenvalue weighted by molar-refractivity contribution is 0.282. The molecule has 3 aromatic carbocycles. The predicted octanol–water partition coefficient (Wildman–Crippen LogP) is 5.16. The molecular formula is C27H30N2OSi. The normalized spacial score (nSPS) is 12.1. The van der Waals surface area contributed by atoms with Crippen molar-refractivity contribution >= 4 is 18.7 Å². The minimum absolute atomic E-state index is 0.0489. The minimum atomic E-state index is -2.57. The molecule has 0 fully saturated rings. The fourth-order valence-corrected chi connectivity index (χ4v) is 8.92. The molecule has 1 aromatic heterocycles. The van der Waals surface area contributed by atoms with Gasteiger partial charge in [0.15, 0.2) is 0 Å². The number of rotatable bonds is 6. The molecular weight excluding hydrogens is 396 g/mol. The van der Waals surface area contributed by atoms with Crippen LogP contribution < -0.4 is 10.4 Å². The predicted molar refractivity (Wildman–Crippen MR) is 131 cm³/mol. The van der Waals surface area contributed by atoms with Gasteiger partial charge in [0.25, 0.3) is 8.32 Å². The molecule has 158 valence electrons. The molecule has 0 N–H and O–H groups in total. The molecule has 0 radical (unpaired) electrons. The van der Waals surface area contributed by atoms with E-state index in [1.165, 1.54) is 10.4 Å². The van der Waals surface area contributed by atoms with Crippen molar-refractivity contribution in [2.45, 2.75) is 32.4 Å². The van der Waals surface area contributed by atoms with Gasteiger partial charge in [-0.2, -0.15) is 0 Å². The van der Waals surface area contributed by atoms with Gasteiger partial charge in [-0.25, -0.2) is 4.98 Å². The van der Waals surface area contributed by atoms with E-state index in [4.69, 9.17) is 9.41 Å². The Morgan fingerprint density at radius 2 is 1.26 bits per heavy atom. The molecule has 1 heterocycles. The van der Waals surface area contributed by atoms with Crippen molar-refractivity contribution in [3.63, 3.8) is 0 Å². The summed E-state index contributed by atoms with van der Waals surface area (Å²) in [6, 6.07) is 31.8. The molecule has 0 aliphatic carbocycles. The molecule has 0 spiro atoms. The first-order valence-corrected chi connectivity index (χ1v) is 12.7. The summed E-state index contributed by atoms with van der Waals surface area (Å²) in [4.78, 5) is 4.91. The summed E-state index contributed by atoms with van der Waals surface area (Å²) in [6.45, 7) is 7.38. The minimum Gasteiger partial charge on any atom is -0.401 e. The van der Waals surface area contributed by atoms with Crippen molar-refractivity contribution in [1.29, 1.82) is 0 Å². The number of hydrogen-bond donors (Lipinski definition) is 0. The van der Waals surface area contributed by atoms with Gasteiger partial charge in [-0.05, 0) is 15.4 Å². The second-order valence-electron chi connectivity index (χ2n) is 8.98. The molecule has 0 amide bonds. The molecule has 0 saturated carbocycles. The molecule has 0 unspecified atom stereocenters. The third kappa shape index (κ3) is 4.14. The Morgan fingerprint density at radius 1 is 0.774 bits per heavy atom. The fourth-order valence-electron chi connectivity index (χ4n) is 4.40. The summed E-state index contributed by atoms with van der Waals surface area (Å²) in [7, 11) is -0.525. The maximum atomic E-state index is 7.02. The highest BCUT2D eigenvalue weighted by molar-refractivity contribution is 6.99. The van der Waals surface area contributed by atoms with Gasteiger partial charge in [-0.1, -0.05) is 112 Å². The maximum absolute atomic E-state index is 7.02. The van der Waals surface area contributed by atoms with Crippen molar-refractivity contribution in [3.8, 4) is 11.4 Å². The third-order valence-electron chi connectivity index (χ3n) is 5.81. The lowest BCUT2D eigenvalue weighted by Crippen LogP contribution is -2.66. The Kier molecular flexibility index (Phi) is 5.94. The van der Waals surface area contributed by atoms with E-state index in [1.54, 1.807) is 0 Å². The molecule has 0 aliphatic rings. The Labute approximate surface area is 186 Å². The van der Waals surface area contributed by atoms with Crippen LogP contribution in [0.5, 0.6) is 0 Å². The number of aryl methyl sites for hydroxylation is 1. The number of imidazole rings is 1. The summed E-state index contributed by atoms with van der Waals surface area (Å²) in [5, 5.41) is 2.52. The van der Waals surface area contributed by atoms with Crippen molar-refractivity contribution in [3.05, 3.63) is 103 Å². The number of nitrogens with zero attached hydrogens (tertiary/aromatic N) is 2. The zero-order chi connectivity index (χ0) is 21.9. The van der Waals surface area contributed by atoms with Crippen LogP contribution in [-0.4, -0.2) is 17.9 Å². The van der Waals surface area contributed by atoms with Crippen LogP contribution in [0, 0.1) is 0 Å². The largest absolute Gasteiger partial charge is 0.401 e. The smallest absolute Gasteiger partial charge is 0.261 e.